The highest BCUT2D eigenvalue weighted by molar-refractivity contribution is 5.94. The average molecular weight is 388 g/mol. The molecule has 0 spiro atoms. The predicted octanol–water partition coefficient (Wildman–Crippen LogP) is 1.02. The maximum atomic E-state index is 13.1. The Kier molecular flexibility index (Phi) is 5.98. The number of rotatable bonds is 5. The maximum Gasteiger partial charge on any atom is 0.272 e. The molecule has 28 heavy (non-hydrogen) atoms. The minimum atomic E-state index is -0.350. The standard InChI is InChI=1S/C20H29N5O3/c1-20(2,3)16(13-26)22-19(27)18-14-8-6-5-7-9-15(14)25(23-18)17-12-24(28-4)11-10-21-17/h10-12,16,26H,5-9,13H2,1-4H3/p+1. The Balaban J connectivity index is 2.02. The van der Waals surface area contributed by atoms with Crippen molar-refractivity contribution in [2.45, 2.75) is 58.9 Å². The predicted molar refractivity (Wildman–Crippen MR) is 103 cm³/mol. The molecule has 1 aliphatic rings. The van der Waals surface area contributed by atoms with Gasteiger partial charge in [0.1, 0.15) is 7.11 Å². The molecule has 0 aliphatic heterocycles. The molecule has 2 aromatic rings. The Morgan fingerprint density at radius 2 is 2.11 bits per heavy atom. The van der Waals surface area contributed by atoms with Crippen LogP contribution < -0.4 is 14.9 Å². The molecule has 1 unspecified atom stereocenters. The Morgan fingerprint density at radius 1 is 1.36 bits per heavy atom. The van der Waals surface area contributed by atoms with Gasteiger partial charge in [-0.2, -0.15) is 5.10 Å². The van der Waals surface area contributed by atoms with Gasteiger partial charge in [0.05, 0.1) is 24.5 Å². The SMILES string of the molecule is CO[n+]1ccnc(-n2nc(C(=O)NC(CO)C(C)(C)C)c3c2CCCCC3)c1. The first-order chi connectivity index (χ1) is 13.3. The lowest BCUT2D eigenvalue weighted by molar-refractivity contribution is -0.885. The number of aliphatic hydroxyl groups excluding tert-OH is 1. The summed E-state index contributed by atoms with van der Waals surface area (Å²) < 4.78 is 3.31. The van der Waals surface area contributed by atoms with E-state index >= 15 is 0 Å². The van der Waals surface area contributed by atoms with E-state index in [2.05, 4.69) is 15.4 Å². The maximum absolute atomic E-state index is 13.1. The van der Waals surface area contributed by atoms with Gasteiger partial charge in [-0.1, -0.05) is 27.2 Å². The highest BCUT2D eigenvalue weighted by Gasteiger charge is 2.30. The van der Waals surface area contributed by atoms with E-state index in [1.807, 2.05) is 20.8 Å². The van der Waals surface area contributed by atoms with Crippen LogP contribution in [0.25, 0.3) is 5.82 Å². The van der Waals surface area contributed by atoms with Crippen molar-refractivity contribution < 1.29 is 19.5 Å². The first kappa shape index (κ1) is 20.3. The van der Waals surface area contributed by atoms with Gasteiger partial charge in [0, 0.05) is 10.3 Å². The van der Waals surface area contributed by atoms with E-state index in [0.717, 1.165) is 43.4 Å². The summed E-state index contributed by atoms with van der Waals surface area (Å²) in [7, 11) is 1.58. The molecule has 1 atom stereocenters. The Labute approximate surface area is 165 Å². The molecule has 2 N–H and O–H groups in total. The van der Waals surface area contributed by atoms with Crippen molar-refractivity contribution in [1.82, 2.24) is 20.1 Å². The number of hydrogen-bond acceptors (Lipinski definition) is 5. The monoisotopic (exact) mass is 388 g/mol. The van der Waals surface area contributed by atoms with Gasteiger partial charge in [-0.25, -0.2) is 9.67 Å². The van der Waals surface area contributed by atoms with Crippen molar-refractivity contribution in [1.29, 1.82) is 0 Å². The van der Waals surface area contributed by atoms with Crippen LogP contribution in [0.2, 0.25) is 0 Å². The molecule has 0 radical (unpaired) electrons. The molecule has 0 aromatic carbocycles. The summed E-state index contributed by atoms with van der Waals surface area (Å²) in [5.41, 5.74) is 2.18. The van der Waals surface area contributed by atoms with E-state index in [4.69, 9.17) is 4.84 Å². The van der Waals surface area contributed by atoms with Crippen LogP contribution in [0, 0.1) is 5.41 Å². The molecule has 3 rings (SSSR count). The first-order valence-electron chi connectivity index (χ1n) is 9.79. The lowest BCUT2D eigenvalue weighted by atomic mass is 9.87. The fourth-order valence-corrected chi connectivity index (χ4v) is 3.50. The van der Waals surface area contributed by atoms with Crippen LogP contribution in [0.4, 0.5) is 0 Å². The van der Waals surface area contributed by atoms with Crippen LogP contribution in [-0.2, 0) is 12.8 Å². The smallest absolute Gasteiger partial charge is 0.272 e. The normalized spacial score (nSPS) is 15.5. The number of nitrogens with zero attached hydrogens (tertiary/aromatic N) is 4. The lowest BCUT2D eigenvalue weighted by Crippen LogP contribution is -2.46. The molecule has 0 saturated heterocycles. The van der Waals surface area contributed by atoms with Crippen LogP contribution in [0.5, 0.6) is 0 Å². The van der Waals surface area contributed by atoms with Crippen molar-refractivity contribution in [2.24, 2.45) is 5.41 Å². The molecule has 2 heterocycles. The quantitative estimate of drug-likeness (QED) is 0.589. The van der Waals surface area contributed by atoms with Gasteiger partial charge >= 0.3 is 0 Å². The fraction of sp³-hybridized carbons (Fsp3) is 0.600. The number of fused-ring (bicyclic) bond motifs is 1. The number of nitrogens with one attached hydrogen (secondary N) is 1. The minimum absolute atomic E-state index is 0.119. The third-order valence-electron chi connectivity index (χ3n) is 5.27. The summed E-state index contributed by atoms with van der Waals surface area (Å²) >= 11 is 0. The van der Waals surface area contributed by atoms with Crippen molar-refractivity contribution in [2.75, 3.05) is 13.7 Å². The molecule has 0 saturated carbocycles. The molecule has 1 aliphatic carbocycles. The number of amides is 1. The number of aromatic nitrogens is 4. The summed E-state index contributed by atoms with van der Waals surface area (Å²) in [6, 6.07) is -0.350. The molecule has 8 nitrogen and oxygen atoms in total. The van der Waals surface area contributed by atoms with E-state index in [1.54, 1.807) is 35.1 Å². The van der Waals surface area contributed by atoms with Gasteiger partial charge in [0.2, 0.25) is 12.0 Å². The van der Waals surface area contributed by atoms with Gasteiger partial charge in [-0.05, 0) is 31.1 Å². The van der Waals surface area contributed by atoms with E-state index in [0.29, 0.717) is 11.5 Å². The molecule has 152 valence electrons. The van der Waals surface area contributed by atoms with E-state index in [9.17, 15) is 9.90 Å². The van der Waals surface area contributed by atoms with Crippen LogP contribution in [0.3, 0.4) is 0 Å². The molecular weight excluding hydrogens is 358 g/mol. The summed E-state index contributed by atoms with van der Waals surface area (Å²) in [6.07, 6.45) is 9.96. The number of aliphatic hydroxyl groups is 1. The summed E-state index contributed by atoms with van der Waals surface area (Å²) in [6.45, 7) is 5.85. The lowest BCUT2D eigenvalue weighted by Gasteiger charge is -2.29. The second-order valence-electron chi connectivity index (χ2n) is 8.28. The van der Waals surface area contributed by atoms with E-state index < -0.39 is 0 Å². The Hall–Kier alpha value is -2.48. The van der Waals surface area contributed by atoms with Gasteiger partial charge in [0.25, 0.3) is 12.1 Å². The van der Waals surface area contributed by atoms with E-state index in [1.165, 1.54) is 0 Å². The summed E-state index contributed by atoms with van der Waals surface area (Å²) in [5.74, 6) is 0.359. The highest BCUT2D eigenvalue weighted by atomic mass is 16.6. The zero-order chi connectivity index (χ0) is 20.3. The molecule has 0 fully saturated rings. The van der Waals surface area contributed by atoms with Crippen molar-refractivity contribution in [3.8, 4) is 5.82 Å². The third-order valence-corrected chi connectivity index (χ3v) is 5.27. The second kappa shape index (κ2) is 8.26. The topological polar surface area (TPSA) is 93.2 Å². The van der Waals surface area contributed by atoms with Crippen molar-refractivity contribution in [3.05, 3.63) is 35.5 Å². The van der Waals surface area contributed by atoms with Crippen LogP contribution in [0.15, 0.2) is 18.6 Å². The minimum Gasteiger partial charge on any atom is -0.394 e. The molecule has 0 bridgehead atoms. The number of carbonyl (C=O) groups is 1. The van der Waals surface area contributed by atoms with Crippen molar-refractivity contribution >= 4 is 5.91 Å². The van der Waals surface area contributed by atoms with Crippen molar-refractivity contribution in [3.63, 3.8) is 0 Å². The first-order valence-corrected chi connectivity index (χ1v) is 9.79. The van der Waals surface area contributed by atoms with Gasteiger partial charge < -0.3 is 10.4 Å². The zero-order valence-corrected chi connectivity index (χ0v) is 17.1. The summed E-state index contributed by atoms with van der Waals surface area (Å²) in [4.78, 5) is 22.7. The highest BCUT2D eigenvalue weighted by Crippen LogP contribution is 2.26. The molecule has 2 aromatic heterocycles. The third kappa shape index (κ3) is 4.16. The average Bonchev–Trinajstić information content (AvgIpc) is 2.86. The Morgan fingerprint density at radius 3 is 2.79 bits per heavy atom. The Bertz CT molecular complexity index is 841. The van der Waals surface area contributed by atoms with Crippen LogP contribution >= 0.6 is 0 Å². The molecular formula is C20H30N5O3+. The van der Waals surface area contributed by atoms with Crippen LogP contribution in [-0.4, -0.2) is 45.5 Å². The largest absolute Gasteiger partial charge is 0.394 e. The molecule has 8 heteroatoms. The molecule has 1 amide bonds. The second-order valence-corrected chi connectivity index (χ2v) is 8.28. The van der Waals surface area contributed by atoms with Crippen LogP contribution in [0.1, 0.15) is 61.8 Å². The number of carbonyl (C=O) groups excluding carboxylic acids is 1. The zero-order valence-electron chi connectivity index (χ0n) is 17.1. The van der Waals surface area contributed by atoms with Gasteiger partial charge in [0.15, 0.2) is 5.69 Å². The van der Waals surface area contributed by atoms with Gasteiger partial charge in [-0.15, -0.1) is 0 Å². The fourth-order valence-electron chi connectivity index (χ4n) is 3.50. The number of hydrogen-bond donors (Lipinski definition) is 2. The summed E-state index contributed by atoms with van der Waals surface area (Å²) in [5, 5.41) is 17.3. The van der Waals surface area contributed by atoms with E-state index in [-0.39, 0.29) is 24.0 Å². The van der Waals surface area contributed by atoms with Gasteiger partial charge in [-0.3, -0.25) is 9.63 Å².